The second-order valence-electron chi connectivity index (χ2n) is 26.8. The van der Waals surface area contributed by atoms with Crippen LogP contribution in [0.15, 0.2) is 186 Å². The summed E-state index contributed by atoms with van der Waals surface area (Å²) < 4.78 is 47.5. The van der Waals surface area contributed by atoms with Crippen molar-refractivity contribution in [3.63, 3.8) is 0 Å². The Morgan fingerprint density at radius 3 is 1.03 bits per heavy atom. The number of nitrogens with zero attached hydrogens (tertiary/aromatic N) is 15. The second kappa shape index (κ2) is 46.7. The first-order valence-corrected chi connectivity index (χ1v) is 39.3. The van der Waals surface area contributed by atoms with Gasteiger partial charge in [-0.05, 0) is 106 Å². The highest BCUT2D eigenvalue weighted by atomic mass is 32.2. The van der Waals surface area contributed by atoms with E-state index in [1.54, 1.807) is 89.0 Å². The van der Waals surface area contributed by atoms with E-state index < -0.39 is 29.8 Å². The molecule has 7 N–H and O–H groups in total. The van der Waals surface area contributed by atoms with Gasteiger partial charge in [0.15, 0.2) is 5.82 Å². The lowest BCUT2D eigenvalue weighted by atomic mass is 9.68. The van der Waals surface area contributed by atoms with Crippen molar-refractivity contribution in [3.8, 4) is 45.5 Å². The van der Waals surface area contributed by atoms with Crippen LogP contribution in [0.3, 0.4) is 0 Å². The highest BCUT2D eigenvalue weighted by Crippen LogP contribution is 2.56. The average Bonchev–Trinajstić information content (AvgIpc) is 1.56. The molecular formula is C83H105N15O22S. The fourth-order valence-corrected chi connectivity index (χ4v) is 14.0. The minimum Gasteiger partial charge on any atom is -0.508 e. The Balaban J connectivity index is 0.000000160. The lowest BCUT2D eigenvalue weighted by Gasteiger charge is -2.33. The quantitative estimate of drug-likeness (QED) is 0.0156. The van der Waals surface area contributed by atoms with E-state index in [0.29, 0.717) is 50.0 Å². The number of carbonyl (C=O) groups is 2. The molecule has 2 unspecified atom stereocenters. The largest absolute Gasteiger partial charge is 0.508 e. The first-order chi connectivity index (χ1) is 59.0. The Kier molecular flexibility index (Phi) is 35.6. The first-order valence-electron chi connectivity index (χ1n) is 38.4. The Morgan fingerprint density at radius 1 is 0.388 bits per heavy atom. The summed E-state index contributed by atoms with van der Waals surface area (Å²) in [5, 5.41) is 70.1. The lowest BCUT2D eigenvalue weighted by Crippen LogP contribution is -2.45. The molecule has 121 heavy (non-hydrogen) atoms. The molecular weight excluding hydrogens is 1590 g/mol. The molecule has 2 atom stereocenters. The molecule has 2 aromatic heterocycles. The number of benzene rings is 7. The third-order valence-electron chi connectivity index (χ3n) is 18.8. The van der Waals surface area contributed by atoms with Gasteiger partial charge in [-0.2, -0.15) is 50.2 Å². The van der Waals surface area contributed by atoms with Crippen LogP contribution in [0.5, 0.6) is 23.0 Å². The van der Waals surface area contributed by atoms with Gasteiger partial charge in [-0.25, -0.2) is 9.59 Å². The van der Waals surface area contributed by atoms with Crippen molar-refractivity contribution < 1.29 is 107 Å². The molecule has 4 amide bonds. The number of aliphatic hydroxyl groups is 5. The third kappa shape index (κ3) is 23.8. The van der Waals surface area contributed by atoms with E-state index in [-0.39, 0.29) is 122 Å². The molecule has 0 bridgehead atoms. The van der Waals surface area contributed by atoms with E-state index in [1.165, 1.54) is 67.6 Å². The number of hydrogen-bond donors (Lipinski definition) is 7. The van der Waals surface area contributed by atoms with Crippen LogP contribution in [0.2, 0.25) is 0 Å². The summed E-state index contributed by atoms with van der Waals surface area (Å²) in [4.78, 5) is 81.2. The molecule has 0 saturated carbocycles. The number of aromatic nitrogens is 6. The van der Waals surface area contributed by atoms with E-state index >= 15 is 0 Å². The predicted molar refractivity (Wildman–Crippen MR) is 445 cm³/mol. The van der Waals surface area contributed by atoms with Crippen molar-refractivity contribution in [1.82, 2.24) is 50.2 Å². The monoisotopic (exact) mass is 1700 g/mol. The molecule has 0 radical (unpaired) electrons. The fraction of sp³-hybridized carbons (Fsp3) is 0.398. The summed E-state index contributed by atoms with van der Waals surface area (Å²) in [5.41, 5.74) is 7.37. The van der Waals surface area contributed by atoms with Gasteiger partial charge in [-0.1, -0.05) is 115 Å². The number of epoxide rings is 2. The van der Waals surface area contributed by atoms with Crippen molar-refractivity contribution in [3.05, 3.63) is 198 Å². The number of aromatic hydroxyl groups is 2. The van der Waals surface area contributed by atoms with Crippen molar-refractivity contribution in [2.45, 2.75) is 39.7 Å². The maximum absolute atomic E-state index is 11.9. The average molecular weight is 1700 g/mol. The number of amides is 4. The smallest absolute Gasteiger partial charge is 0.372 e. The number of hydrogen-bond acceptors (Lipinski definition) is 34. The standard InChI is InChI=1S/C25H18O2.C18H18O4S.C17H25N5O4.C15H30N6O6.C8H14N4O6/c26-19-13-9-17(10-14-19)25(18-11-15-20(27)16-12-18)23-7-3-1-5-21(23)22-6-2-4-8-24(22)25;1-5-17(6-2-13(1)19-9-15-11-21-15)23-18-7-3-14(4-8-18)20-10-16-12-22-16;1-25-12-22(13-26-2)17-19-15(14-6-4-3-5-7-14)18-16(20-17)21(8-10-23)9-11-24;1-25-10-20(6-9-24)14-16-13(19(4-7-22)5-8-23)17-15(18-14)21(11-26-2)12-27-3;1-15-9-5-6(11(17-3)7(9)13)12(18-4)8(14)10(5)16-2/h1-16,26-27H;1-8,15-16H,9-12H2;3-7,23-24H,8-13H2,1-2H3;22-24H,4-12H2,1-3H3;5-6H,1-4H3. The lowest BCUT2D eigenvalue weighted by molar-refractivity contribution is -0.218. The van der Waals surface area contributed by atoms with Crippen LogP contribution in [0.1, 0.15) is 22.3 Å². The van der Waals surface area contributed by atoms with E-state index in [2.05, 4.69) is 103 Å². The van der Waals surface area contributed by atoms with Gasteiger partial charge in [-0.15, -0.1) is 0 Å². The molecule has 650 valence electrons. The van der Waals surface area contributed by atoms with E-state index in [1.807, 2.05) is 78.9 Å². The van der Waals surface area contributed by atoms with Crippen LogP contribution in [0, 0.1) is 0 Å². The van der Waals surface area contributed by atoms with Crippen LogP contribution in [0.25, 0.3) is 22.5 Å². The van der Waals surface area contributed by atoms with Gasteiger partial charge in [0.1, 0.15) is 82.1 Å². The molecule has 14 rings (SSSR count). The summed E-state index contributed by atoms with van der Waals surface area (Å²) in [6.07, 6.45) is -1.06. The number of urea groups is 2. The second-order valence-corrected chi connectivity index (χ2v) is 28.0. The number of fused-ring (bicyclic) bond motifs is 4. The number of anilines is 5. The van der Waals surface area contributed by atoms with E-state index in [4.69, 9.17) is 62.0 Å². The summed E-state index contributed by atoms with van der Waals surface area (Å²) in [6, 6.07) is 56.5. The van der Waals surface area contributed by atoms with Crippen LogP contribution in [0.4, 0.5) is 39.3 Å². The zero-order valence-corrected chi connectivity index (χ0v) is 69.7. The van der Waals surface area contributed by atoms with Gasteiger partial charge < -0.3 is 93.1 Å². The Hall–Kier alpha value is -11.0. The number of ether oxygens (including phenoxy) is 9. The topological polar surface area (TPSA) is 409 Å². The normalized spacial score (nSPS) is 16.0. The van der Waals surface area contributed by atoms with Crippen LogP contribution in [-0.2, 0) is 57.9 Å². The van der Waals surface area contributed by atoms with Crippen molar-refractivity contribution in [2.75, 3.05) is 214 Å². The minimum absolute atomic E-state index is 0.0818. The highest BCUT2D eigenvalue weighted by Gasteiger charge is 2.63. The Morgan fingerprint density at radius 2 is 0.694 bits per heavy atom. The number of aliphatic hydroxyl groups excluding tert-OH is 5. The number of hydroxylamine groups is 8. The van der Waals surface area contributed by atoms with Gasteiger partial charge in [0.05, 0.1) is 80.1 Å². The number of phenolic OH excluding ortho intramolecular Hbond substituents is 2. The molecule has 4 aliphatic heterocycles. The third-order valence-corrected chi connectivity index (χ3v) is 19.8. The zero-order valence-electron chi connectivity index (χ0n) is 68.9. The molecule has 7 aromatic carbocycles. The van der Waals surface area contributed by atoms with Gasteiger partial charge in [0.2, 0.25) is 42.1 Å². The maximum atomic E-state index is 11.9. The number of methoxy groups -OCH3 is 5. The molecule has 0 spiro atoms. The van der Waals surface area contributed by atoms with Crippen LogP contribution in [-0.4, -0.2) is 312 Å². The van der Waals surface area contributed by atoms with Crippen molar-refractivity contribution in [2.24, 2.45) is 0 Å². The highest BCUT2D eigenvalue weighted by molar-refractivity contribution is 7.99. The molecule has 38 heteroatoms. The summed E-state index contributed by atoms with van der Waals surface area (Å²) in [5.74, 6) is 4.36. The summed E-state index contributed by atoms with van der Waals surface area (Å²) in [6.45, 7) is 4.72. The van der Waals surface area contributed by atoms with Crippen LogP contribution < -0.4 is 34.0 Å². The van der Waals surface area contributed by atoms with Gasteiger partial charge in [-0.3, -0.25) is 29.2 Å². The summed E-state index contributed by atoms with van der Waals surface area (Å²) >= 11 is 1.72. The fourth-order valence-electron chi connectivity index (χ4n) is 13.2. The van der Waals surface area contributed by atoms with Gasteiger partial charge in [0.25, 0.3) is 0 Å². The predicted octanol–water partition coefficient (Wildman–Crippen LogP) is 6.64. The minimum atomic E-state index is -0.820. The first kappa shape index (κ1) is 92.3. The van der Waals surface area contributed by atoms with E-state index in [0.717, 1.165) is 61.7 Å². The van der Waals surface area contributed by atoms with E-state index in [9.17, 15) is 45.3 Å². The molecule has 9 aromatic rings. The number of phenols is 2. The molecule has 4 fully saturated rings. The molecule has 4 saturated heterocycles. The number of rotatable bonds is 40. The van der Waals surface area contributed by atoms with Crippen LogP contribution >= 0.6 is 11.8 Å². The molecule has 1 aliphatic carbocycles. The Bertz CT molecular complexity index is 4260. The van der Waals surface area contributed by atoms with Gasteiger partial charge in [0, 0.05) is 83.6 Å². The van der Waals surface area contributed by atoms with Crippen molar-refractivity contribution >= 4 is 53.6 Å². The molecule has 37 nitrogen and oxygen atoms in total. The molecule has 5 aliphatic rings. The SMILES string of the molecule is COCN(CCO)c1nc(N(CCO)CCO)nc(N(COC)COC)n1.COCN(COC)c1nc(-c2ccccc2)nc(N(CCO)CCO)n1.CON1C(=O)N(OC)C2C1N(OC)C(=O)N2OC.Oc1ccc(C2(c3ccc(O)cc3)c3ccccc3-c3ccccc32)cc1.c1cc(Sc2ccc(OCC3CO3)cc2)ccc1OCC1CO1. The number of carbonyl (C=O) groups excluding carboxylic acids is 2. The van der Waals surface area contributed by atoms with Crippen molar-refractivity contribution in [1.29, 1.82) is 0 Å². The zero-order chi connectivity index (χ0) is 86.2. The van der Waals surface area contributed by atoms with Gasteiger partial charge >= 0.3 is 12.1 Å². The molecule has 6 heterocycles. The maximum Gasteiger partial charge on any atom is 0.372 e. The summed E-state index contributed by atoms with van der Waals surface area (Å²) in [7, 11) is 13.0. The Labute approximate surface area is 705 Å².